The van der Waals surface area contributed by atoms with Crippen LogP contribution in [0.2, 0.25) is 0 Å². The van der Waals surface area contributed by atoms with Crippen LogP contribution in [0.1, 0.15) is 43.7 Å². The number of nitrogens with zero attached hydrogens (tertiary/aromatic N) is 6. The molecule has 1 fully saturated rings. The lowest BCUT2D eigenvalue weighted by atomic mass is 10.1. The number of aliphatic hydroxyl groups excluding tert-OH is 1. The van der Waals surface area contributed by atoms with E-state index in [4.69, 9.17) is 4.74 Å². The molecule has 0 bridgehead atoms. The third-order valence-corrected chi connectivity index (χ3v) is 5.54. The van der Waals surface area contributed by atoms with Crippen molar-refractivity contribution in [3.8, 4) is 5.95 Å². The van der Waals surface area contributed by atoms with Gasteiger partial charge in [-0.25, -0.2) is 14.1 Å². The Morgan fingerprint density at radius 2 is 2.09 bits per heavy atom. The zero-order valence-electron chi connectivity index (χ0n) is 18.9. The van der Waals surface area contributed by atoms with E-state index in [1.807, 2.05) is 32.6 Å². The van der Waals surface area contributed by atoms with Gasteiger partial charge in [0, 0.05) is 31.9 Å². The molecule has 0 spiro atoms. The van der Waals surface area contributed by atoms with E-state index in [1.54, 1.807) is 30.2 Å². The Bertz CT molecular complexity index is 1190. The van der Waals surface area contributed by atoms with Crippen molar-refractivity contribution in [1.82, 2.24) is 34.2 Å². The summed E-state index contributed by atoms with van der Waals surface area (Å²) in [4.78, 5) is 31.8. The number of aromatic nitrogens is 5. The average molecular weight is 444 g/mol. The minimum absolute atomic E-state index is 0.0884. The van der Waals surface area contributed by atoms with Gasteiger partial charge in [-0.3, -0.25) is 14.6 Å². The molecule has 0 aliphatic carbocycles. The summed E-state index contributed by atoms with van der Waals surface area (Å²) in [5.41, 5.74) is 0.683. The number of hydrogen-bond donors (Lipinski definition) is 2. The van der Waals surface area contributed by atoms with Crippen molar-refractivity contribution in [3.63, 3.8) is 0 Å². The van der Waals surface area contributed by atoms with Crippen LogP contribution < -0.4 is 5.56 Å². The van der Waals surface area contributed by atoms with Crippen LogP contribution in [0, 0.1) is 6.92 Å². The van der Waals surface area contributed by atoms with Crippen LogP contribution in [0.4, 0.5) is 0 Å². The summed E-state index contributed by atoms with van der Waals surface area (Å²) in [5, 5.41) is 19.1. The standard InChI is InChI=1S/C21H29N7O4/c1-13-12-25(9-10-26(13)20(31)32-21(3,4)5)18(30)15-11-22-28(14(15)2)19-23-17(29)16-7-6-8-27(16)24-19/h6-8,11,13,20,31H,9-10,12H2,1-5H3,(H,23,24,29). The van der Waals surface area contributed by atoms with Crippen LogP contribution in [0.5, 0.6) is 0 Å². The summed E-state index contributed by atoms with van der Waals surface area (Å²) in [6.07, 6.45) is 2.14. The number of aromatic amines is 1. The first-order valence-corrected chi connectivity index (χ1v) is 10.6. The molecule has 4 rings (SSSR count). The molecule has 1 aliphatic heterocycles. The van der Waals surface area contributed by atoms with Crippen molar-refractivity contribution in [1.29, 1.82) is 0 Å². The van der Waals surface area contributed by atoms with E-state index in [0.717, 1.165) is 0 Å². The Balaban J connectivity index is 1.51. The predicted octanol–water partition coefficient (Wildman–Crippen LogP) is 0.754. The second kappa shape index (κ2) is 8.15. The Morgan fingerprint density at radius 3 is 2.78 bits per heavy atom. The van der Waals surface area contributed by atoms with Crippen LogP contribution >= 0.6 is 0 Å². The van der Waals surface area contributed by atoms with E-state index in [0.29, 0.717) is 36.4 Å². The highest BCUT2D eigenvalue weighted by molar-refractivity contribution is 5.95. The minimum atomic E-state index is -1.03. The lowest BCUT2D eigenvalue weighted by Gasteiger charge is -2.43. The summed E-state index contributed by atoms with van der Waals surface area (Å²) in [7, 11) is 0. The molecule has 2 atom stereocenters. The van der Waals surface area contributed by atoms with Crippen LogP contribution in [0.25, 0.3) is 11.5 Å². The summed E-state index contributed by atoms with van der Waals surface area (Å²) in [5.74, 6) is 0.0757. The molecule has 4 heterocycles. The van der Waals surface area contributed by atoms with Gasteiger partial charge in [0.1, 0.15) is 5.52 Å². The molecule has 32 heavy (non-hydrogen) atoms. The summed E-state index contributed by atoms with van der Waals surface area (Å²) >= 11 is 0. The van der Waals surface area contributed by atoms with Crippen molar-refractivity contribution in [2.24, 2.45) is 0 Å². The molecule has 2 unspecified atom stereocenters. The number of H-pyrrole nitrogens is 1. The Kier molecular flexibility index (Phi) is 5.65. The molecule has 3 aromatic heterocycles. The summed E-state index contributed by atoms with van der Waals surface area (Å²) < 4.78 is 8.59. The summed E-state index contributed by atoms with van der Waals surface area (Å²) in [6.45, 7) is 10.7. The monoisotopic (exact) mass is 443 g/mol. The van der Waals surface area contributed by atoms with Gasteiger partial charge < -0.3 is 14.7 Å². The van der Waals surface area contributed by atoms with Gasteiger partial charge in [0.2, 0.25) is 12.4 Å². The van der Waals surface area contributed by atoms with Gasteiger partial charge in [-0.15, -0.1) is 5.10 Å². The number of piperazine rings is 1. The molecular formula is C21H29N7O4. The van der Waals surface area contributed by atoms with Gasteiger partial charge in [0.15, 0.2) is 0 Å². The zero-order chi connectivity index (χ0) is 23.2. The predicted molar refractivity (Wildman–Crippen MR) is 117 cm³/mol. The highest BCUT2D eigenvalue weighted by Crippen LogP contribution is 2.20. The third kappa shape index (κ3) is 4.18. The molecule has 0 saturated carbocycles. The van der Waals surface area contributed by atoms with Gasteiger partial charge in [-0.05, 0) is 46.8 Å². The van der Waals surface area contributed by atoms with Crippen LogP contribution in [-0.4, -0.2) is 82.9 Å². The van der Waals surface area contributed by atoms with Crippen molar-refractivity contribution >= 4 is 11.4 Å². The molecule has 172 valence electrons. The van der Waals surface area contributed by atoms with Crippen LogP contribution in [0.3, 0.4) is 0 Å². The SMILES string of the molecule is Cc1c(C(=O)N2CCN(C(O)OC(C)(C)C)C(C)C2)cnn1-c1nn2cccc2c(=O)[nH]1. The average Bonchev–Trinajstić information content (AvgIpc) is 3.32. The van der Waals surface area contributed by atoms with E-state index in [1.165, 1.54) is 15.4 Å². The zero-order valence-corrected chi connectivity index (χ0v) is 18.9. The normalized spacial score (nSPS) is 18.9. The topological polar surface area (TPSA) is 121 Å². The van der Waals surface area contributed by atoms with E-state index >= 15 is 0 Å². The van der Waals surface area contributed by atoms with E-state index < -0.39 is 12.0 Å². The van der Waals surface area contributed by atoms with Gasteiger partial charge in [-0.1, -0.05) is 0 Å². The first kappa shape index (κ1) is 22.2. The van der Waals surface area contributed by atoms with Gasteiger partial charge >= 0.3 is 0 Å². The lowest BCUT2D eigenvalue weighted by molar-refractivity contribution is -0.252. The molecule has 11 nitrogen and oxygen atoms in total. The second-order valence-corrected chi connectivity index (χ2v) is 9.07. The maximum Gasteiger partial charge on any atom is 0.276 e. The first-order chi connectivity index (χ1) is 15.0. The molecule has 3 aromatic rings. The number of aliphatic hydroxyl groups is 1. The van der Waals surface area contributed by atoms with Gasteiger partial charge in [-0.2, -0.15) is 5.10 Å². The lowest BCUT2D eigenvalue weighted by Crippen LogP contribution is -2.58. The number of amides is 1. The third-order valence-electron chi connectivity index (χ3n) is 5.54. The van der Waals surface area contributed by atoms with Crippen molar-refractivity contribution in [3.05, 3.63) is 46.1 Å². The number of ether oxygens (including phenoxy) is 1. The highest BCUT2D eigenvalue weighted by atomic mass is 16.6. The maximum atomic E-state index is 13.2. The molecule has 2 N–H and O–H groups in total. The number of fused-ring (bicyclic) bond motifs is 1. The number of carbonyl (C=O) groups is 1. The summed E-state index contributed by atoms with van der Waals surface area (Å²) in [6, 6.07) is 3.32. The minimum Gasteiger partial charge on any atom is -0.356 e. The Morgan fingerprint density at radius 1 is 1.34 bits per heavy atom. The van der Waals surface area contributed by atoms with E-state index in [-0.39, 0.29) is 23.5 Å². The molecule has 11 heteroatoms. The first-order valence-electron chi connectivity index (χ1n) is 10.6. The molecular weight excluding hydrogens is 414 g/mol. The number of carbonyl (C=O) groups excluding carboxylic acids is 1. The van der Waals surface area contributed by atoms with Crippen LogP contribution in [0.15, 0.2) is 29.3 Å². The molecule has 1 amide bonds. The van der Waals surface area contributed by atoms with Crippen molar-refractivity contribution in [2.75, 3.05) is 19.6 Å². The fraction of sp³-hybridized carbons (Fsp3) is 0.524. The maximum absolute atomic E-state index is 13.2. The smallest absolute Gasteiger partial charge is 0.276 e. The number of hydrogen-bond acceptors (Lipinski definition) is 7. The second-order valence-electron chi connectivity index (χ2n) is 9.07. The molecule has 1 saturated heterocycles. The van der Waals surface area contributed by atoms with E-state index in [9.17, 15) is 14.7 Å². The fourth-order valence-electron chi connectivity index (χ4n) is 3.90. The Hall–Kier alpha value is -3.02. The molecule has 0 radical (unpaired) electrons. The van der Waals surface area contributed by atoms with Crippen molar-refractivity contribution in [2.45, 2.75) is 52.7 Å². The largest absolute Gasteiger partial charge is 0.356 e. The fourth-order valence-corrected chi connectivity index (χ4v) is 3.90. The molecule has 1 aliphatic rings. The quantitative estimate of drug-likeness (QED) is 0.571. The highest BCUT2D eigenvalue weighted by Gasteiger charge is 2.34. The van der Waals surface area contributed by atoms with Gasteiger partial charge in [0.05, 0.1) is 23.1 Å². The van der Waals surface area contributed by atoms with Crippen LogP contribution in [-0.2, 0) is 4.74 Å². The molecule has 0 aromatic carbocycles. The Labute approximate surface area is 185 Å². The number of rotatable bonds is 4. The van der Waals surface area contributed by atoms with Crippen molar-refractivity contribution < 1.29 is 14.6 Å². The number of nitrogens with one attached hydrogen (secondary N) is 1. The van der Waals surface area contributed by atoms with Gasteiger partial charge in [0.25, 0.3) is 11.5 Å². The van der Waals surface area contributed by atoms with E-state index in [2.05, 4.69) is 15.2 Å².